The maximum atomic E-state index is 12.1. The average molecular weight is 263 g/mol. The smallest absolute Gasteiger partial charge is 0.228 e. The predicted octanol–water partition coefficient (Wildman–Crippen LogP) is 4.20. The van der Waals surface area contributed by atoms with Gasteiger partial charge in [-0.2, -0.15) is 0 Å². The first kappa shape index (κ1) is 12.9. The van der Waals surface area contributed by atoms with Crippen molar-refractivity contribution in [2.75, 3.05) is 0 Å². The molecular weight excluding hydrogens is 248 g/mol. The SMILES string of the molecule is CCCc1ccc(C(=O)c2ccc(CCl)o2)cc1. The highest BCUT2D eigenvalue weighted by Gasteiger charge is 2.13. The molecule has 0 saturated carbocycles. The van der Waals surface area contributed by atoms with Crippen molar-refractivity contribution < 1.29 is 9.21 Å². The van der Waals surface area contributed by atoms with Crippen molar-refractivity contribution in [3.8, 4) is 0 Å². The Morgan fingerprint density at radius 2 is 1.89 bits per heavy atom. The van der Waals surface area contributed by atoms with Crippen molar-refractivity contribution in [3.63, 3.8) is 0 Å². The van der Waals surface area contributed by atoms with Crippen LogP contribution in [0.2, 0.25) is 0 Å². The summed E-state index contributed by atoms with van der Waals surface area (Å²) in [6, 6.07) is 11.1. The minimum absolute atomic E-state index is 0.102. The van der Waals surface area contributed by atoms with Crippen LogP contribution in [-0.4, -0.2) is 5.78 Å². The third kappa shape index (κ3) is 2.82. The van der Waals surface area contributed by atoms with Crippen LogP contribution in [0.3, 0.4) is 0 Å². The molecule has 0 bridgehead atoms. The van der Waals surface area contributed by atoms with Gasteiger partial charge >= 0.3 is 0 Å². The molecule has 0 amide bonds. The molecule has 3 heteroatoms. The Labute approximate surface area is 112 Å². The molecular formula is C15H15ClO2. The zero-order valence-corrected chi connectivity index (χ0v) is 11.0. The highest BCUT2D eigenvalue weighted by atomic mass is 35.5. The Hall–Kier alpha value is -1.54. The minimum Gasteiger partial charge on any atom is -0.456 e. The Morgan fingerprint density at radius 3 is 2.44 bits per heavy atom. The summed E-state index contributed by atoms with van der Waals surface area (Å²) in [6.45, 7) is 2.13. The maximum absolute atomic E-state index is 12.1. The summed E-state index contributed by atoms with van der Waals surface area (Å²) < 4.78 is 5.35. The van der Waals surface area contributed by atoms with E-state index < -0.39 is 0 Å². The zero-order valence-electron chi connectivity index (χ0n) is 10.3. The molecule has 94 valence electrons. The fourth-order valence-electron chi connectivity index (χ4n) is 1.83. The Kier molecular flexibility index (Phi) is 4.21. The van der Waals surface area contributed by atoms with E-state index in [1.54, 1.807) is 12.1 Å². The zero-order chi connectivity index (χ0) is 13.0. The van der Waals surface area contributed by atoms with Gasteiger partial charge in [-0.25, -0.2) is 0 Å². The van der Waals surface area contributed by atoms with Crippen LogP contribution in [0.25, 0.3) is 0 Å². The van der Waals surface area contributed by atoms with Gasteiger partial charge in [0, 0.05) is 5.56 Å². The topological polar surface area (TPSA) is 30.2 Å². The Morgan fingerprint density at radius 1 is 1.17 bits per heavy atom. The van der Waals surface area contributed by atoms with Crippen LogP contribution in [0.4, 0.5) is 0 Å². The summed E-state index contributed by atoms with van der Waals surface area (Å²) in [4.78, 5) is 12.1. The van der Waals surface area contributed by atoms with E-state index in [9.17, 15) is 4.79 Å². The fraction of sp³-hybridized carbons (Fsp3) is 0.267. The number of alkyl halides is 1. The van der Waals surface area contributed by atoms with Crippen LogP contribution >= 0.6 is 11.6 Å². The van der Waals surface area contributed by atoms with E-state index in [0.29, 0.717) is 17.1 Å². The van der Waals surface area contributed by atoms with E-state index in [1.165, 1.54) is 5.56 Å². The molecule has 1 heterocycles. The minimum atomic E-state index is -0.102. The van der Waals surface area contributed by atoms with E-state index in [4.69, 9.17) is 16.0 Å². The average Bonchev–Trinajstić information content (AvgIpc) is 2.88. The molecule has 0 aliphatic rings. The van der Waals surface area contributed by atoms with Gasteiger partial charge in [0.2, 0.25) is 5.78 Å². The lowest BCUT2D eigenvalue weighted by molar-refractivity contribution is 0.101. The number of carbonyl (C=O) groups excluding carboxylic acids is 1. The first-order valence-corrected chi connectivity index (χ1v) is 6.56. The van der Waals surface area contributed by atoms with Crippen molar-refractivity contribution in [3.05, 3.63) is 59.0 Å². The summed E-state index contributed by atoms with van der Waals surface area (Å²) in [5.41, 5.74) is 1.89. The standard InChI is InChI=1S/C15H15ClO2/c1-2-3-11-4-6-12(7-5-11)15(17)14-9-8-13(10-16)18-14/h4-9H,2-3,10H2,1H3. The molecule has 0 atom stereocenters. The van der Waals surface area contributed by atoms with Gasteiger partial charge in [-0.15, -0.1) is 11.6 Å². The second-order valence-electron chi connectivity index (χ2n) is 4.18. The monoisotopic (exact) mass is 262 g/mol. The lowest BCUT2D eigenvalue weighted by Gasteiger charge is -2.01. The summed E-state index contributed by atoms with van der Waals surface area (Å²) in [7, 11) is 0. The van der Waals surface area contributed by atoms with E-state index >= 15 is 0 Å². The number of hydrogen-bond acceptors (Lipinski definition) is 2. The van der Waals surface area contributed by atoms with Crippen molar-refractivity contribution in [1.82, 2.24) is 0 Å². The van der Waals surface area contributed by atoms with Crippen LogP contribution in [0.1, 0.15) is 40.8 Å². The molecule has 0 radical (unpaired) electrons. The summed E-state index contributed by atoms with van der Waals surface area (Å²) >= 11 is 5.64. The number of aryl methyl sites for hydroxylation is 1. The van der Waals surface area contributed by atoms with E-state index in [2.05, 4.69) is 6.92 Å². The fourth-order valence-corrected chi connectivity index (χ4v) is 1.97. The molecule has 0 aliphatic heterocycles. The number of rotatable bonds is 5. The summed E-state index contributed by atoms with van der Waals surface area (Å²) in [6.07, 6.45) is 2.14. The molecule has 0 unspecified atom stereocenters. The summed E-state index contributed by atoms with van der Waals surface area (Å²) in [5, 5.41) is 0. The Balaban J connectivity index is 2.17. The van der Waals surface area contributed by atoms with Crippen molar-refractivity contribution in [2.45, 2.75) is 25.6 Å². The van der Waals surface area contributed by atoms with Gasteiger partial charge in [0.25, 0.3) is 0 Å². The van der Waals surface area contributed by atoms with Crippen LogP contribution in [0.15, 0.2) is 40.8 Å². The maximum Gasteiger partial charge on any atom is 0.228 e. The number of ketones is 1. The van der Waals surface area contributed by atoms with Crippen LogP contribution in [0, 0.1) is 0 Å². The van der Waals surface area contributed by atoms with Gasteiger partial charge in [0.05, 0.1) is 5.88 Å². The molecule has 1 aromatic carbocycles. The third-order valence-electron chi connectivity index (χ3n) is 2.77. The second kappa shape index (κ2) is 5.87. The molecule has 2 aromatic rings. The number of furan rings is 1. The molecule has 18 heavy (non-hydrogen) atoms. The van der Waals surface area contributed by atoms with Gasteiger partial charge < -0.3 is 4.42 Å². The number of hydrogen-bond donors (Lipinski definition) is 0. The van der Waals surface area contributed by atoms with Gasteiger partial charge in [0.1, 0.15) is 5.76 Å². The Bertz CT molecular complexity index is 526. The molecule has 0 spiro atoms. The summed E-state index contributed by atoms with van der Waals surface area (Å²) in [5.74, 6) is 1.13. The largest absolute Gasteiger partial charge is 0.456 e. The van der Waals surface area contributed by atoms with Gasteiger partial charge in [0.15, 0.2) is 5.76 Å². The second-order valence-corrected chi connectivity index (χ2v) is 4.44. The van der Waals surface area contributed by atoms with Crippen molar-refractivity contribution in [1.29, 1.82) is 0 Å². The van der Waals surface area contributed by atoms with Crippen molar-refractivity contribution >= 4 is 17.4 Å². The normalized spacial score (nSPS) is 10.6. The molecule has 0 saturated heterocycles. The van der Waals surface area contributed by atoms with E-state index in [1.807, 2.05) is 24.3 Å². The van der Waals surface area contributed by atoms with E-state index in [-0.39, 0.29) is 11.7 Å². The molecule has 0 aliphatic carbocycles. The number of carbonyl (C=O) groups is 1. The predicted molar refractivity (Wildman–Crippen MR) is 72.1 cm³/mol. The lowest BCUT2D eigenvalue weighted by atomic mass is 10.0. The first-order chi connectivity index (χ1) is 8.74. The van der Waals surface area contributed by atoms with Crippen LogP contribution < -0.4 is 0 Å². The van der Waals surface area contributed by atoms with Crippen LogP contribution in [0.5, 0.6) is 0 Å². The van der Waals surface area contributed by atoms with E-state index in [0.717, 1.165) is 12.8 Å². The molecule has 2 nitrogen and oxygen atoms in total. The molecule has 1 aromatic heterocycles. The first-order valence-electron chi connectivity index (χ1n) is 6.03. The lowest BCUT2D eigenvalue weighted by Crippen LogP contribution is -1.99. The van der Waals surface area contributed by atoms with Gasteiger partial charge in [-0.05, 0) is 24.1 Å². The molecule has 0 N–H and O–H groups in total. The highest BCUT2D eigenvalue weighted by molar-refractivity contribution is 6.16. The van der Waals surface area contributed by atoms with Gasteiger partial charge in [-0.1, -0.05) is 37.6 Å². The highest BCUT2D eigenvalue weighted by Crippen LogP contribution is 2.16. The molecule has 2 rings (SSSR count). The number of benzene rings is 1. The third-order valence-corrected chi connectivity index (χ3v) is 3.04. The van der Waals surface area contributed by atoms with Gasteiger partial charge in [-0.3, -0.25) is 4.79 Å². The van der Waals surface area contributed by atoms with Crippen LogP contribution in [-0.2, 0) is 12.3 Å². The number of halogens is 1. The molecule has 0 fully saturated rings. The quantitative estimate of drug-likeness (QED) is 0.597. The van der Waals surface area contributed by atoms with Crippen molar-refractivity contribution in [2.24, 2.45) is 0 Å².